The van der Waals surface area contributed by atoms with Crippen molar-refractivity contribution in [3.8, 4) is 0 Å². The van der Waals surface area contributed by atoms with Gasteiger partial charge >= 0.3 is 5.97 Å². The van der Waals surface area contributed by atoms with E-state index < -0.39 is 0 Å². The number of hydrogen-bond donors (Lipinski definition) is 0. The van der Waals surface area contributed by atoms with E-state index in [0.717, 1.165) is 0 Å². The highest BCUT2D eigenvalue weighted by Gasteiger charge is 2.61. The Morgan fingerprint density at radius 3 is 2.37 bits per heavy atom. The quantitative estimate of drug-likeness (QED) is 0.386. The molecule has 1 aliphatic rings. The predicted molar refractivity (Wildman–Crippen MR) is 73.8 cm³/mol. The molecule has 0 aromatic rings. The molecule has 0 unspecified atom stereocenters. The van der Waals surface area contributed by atoms with E-state index in [9.17, 15) is 4.79 Å². The maximum Gasteiger partial charge on any atom is 0.310 e. The number of ether oxygens (including phenoxy) is 3. The first-order valence-corrected chi connectivity index (χ1v) is 6.79. The molecule has 0 N–H and O–H groups in total. The van der Waals surface area contributed by atoms with Crippen molar-refractivity contribution < 1.29 is 19.0 Å². The number of allylic oxidation sites excluding steroid dienone is 2. The van der Waals surface area contributed by atoms with E-state index in [1.165, 1.54) is 5.57 Å². The number of methoxy groups -OCH3 is 1. The molecule has 0 saturated heterocycles. The second-order valence-electron chi connectivity index (χ2n) is 5.84. The van der Waals surface area contributed by atoms with Crippen molar-refractivity contribution in [2.24, 2.45) is 17.3 Å². The summed E-state index contributed by atoms with van der Waals surface area (Å²) < 4.78 is 15.4. The van der Waals surface area contributed by atoms with Crippen molar-refractivity contribution in [1.29, 1.82) is 0 Å². The topological polar surface area (TPSA) is 44.8 Å². The summed E-state index contributed by atoms with van der Waals surface area (Å²) >= 11 is 0. The Morgan fingerprint density at radius 2 is 1.79 bits per heavy atom. The van der Waals surface area contributed by atoms with Gasteiger partial charge in [-0.1, -0.05) is 25.5 Å². The molecule has 1 aliphatic carbocycles. The maximum atomic E-state index is 12.0. The highest BCUT2D eigenvalue weighted by atomic mass is 16.6. The summed E-state index contributed by atoms with van der Waals surface area (Å²) in [6, 6.07) is 0. The van der Waals surface area contributed by atoms with E-state index in [0.29, 0.717) is 32.3 Å². The van der Waals surface area contributed by atoms with Crippen LogP contribution in [0.15, 0.2) is 11.6 Å². The van der Waals surface area contributed by atoms with Gasteiger partial charge in [0.2, 0.25) is 0 Å². The molecule has 2 atom stereocenters. The number of carbonyl (C=O) groups is 1. The van der Waals surface area contributed by atoms with Gasteiger partial charge in [-0.3, -0.25) is 4.79 Å². The Bertz CT molecular complexity index is 329. The van der Waals surface area contributed by atoms with E-state index in [2.05, 4.69) is 33.8 Å². The molecule has 1 saturated carbocycles. The van der Waals surface area contributed by atoms with Gasteiger partial charge < -0.3 is 14.2 Å². The van der Waals surface area contributed by atoms with Crippen LogP contribution in [0.4, 0.5) is 0 Å². The average molecular weight is 270 g/mol. The normalized spacial score (nSPS) is 23.8. The fourth-order valence-electron chi connectivity index (χ4n) is 2.33. The molecule has 0 aromatic heterocycles. The molecule has 1 fully saturated rings. The van der Waals surface area contributed by atoms with Gasteiger partial charge in [0.05, 0.1) is 25.7 Å². The van der Waals surface area contributed by atoms with Crippen molar-refractivity contribution >= 4 is 5.97 Å². The van der Waals surface area contributed by atoms with Crippen LogP contribution in [0.1, 0.15) is 27.7 Å². The van der Waals surface area contributed by atoms with Crippen LogP contribution in [-0.4, -0.2) is 39.5 Å². The van der Waals surface area contributed by atoms with Crippen molar-refractivity contribution in [2.75, 3.05) is 33.5 Å². The molecule has 0 heterocycles. The van der Waals surface area contributed by atoms with E-state index in [1.807, 2.05) is 0 Å². The number of rotatable bonds is 8. The van der Waals surface area contributed by atoms with Crippen LogP contribution in [0.3, 0.4) is 0 Å². The Morgan fingerprint density at radius 1 is 1.16 bits per heavy atom. The van der Waals surface area contributed by atoms with Crippen LogP contribution in [0.25, 0.3) is 0 Å². The Kier molecular flexibility index (Phi) is 6.01. The van der Waals surface area contributed by atoms with Crippen molar-refractivity contribution in [3.05, 3.63) is 11.6 Å². The smallest absolute Gasteiger partial charge is 0.310 e. The summed E-state index contributed by atoms with van der Waals surface area (Å²) in [6.07, 6.45) is 2.17. The van der Waals surface area contributed by atoms with Gasteiger partial charge in [-0.2, -0.15) is 0 Å². The predicted octanol–water partition coefficient (Wildman–Crippen LogP) is 2.43. The SMILES string of the molecule is COCCOCCOC(=O)[C@H]1[C@H](C=C(C)C)C1(C)C. The van der Waals surface area contributed by atoms with Gasteiger partial charge in [0, 0.05) is 7.11 Å². The van der Waals surface area contributed by atoms with Gasteiger partial charge in [-0.05, 0) is 25.2 Å². The molecule has 19 heavy (non-hydrogen) atoms. The third-order valence-electron chi connectivity index (χ3n) is 3.58. The first kappa shape index (κ1) is 16.2. The van der Waals surface area contributed by atoms with Crippen molar-refractivity contribution in [2.45, 2.75) is 27.7 Å². The lowest BCUT2D eigenvalue weighted by atomic mass is 10.1. The zero-order valence-corrected chi connectivity index (χ0v) is 12.7. The minimum atomic E-state index is -0.108. The van der Waals surface area contributed by atoms with E-state index in [1.54, 1.807) is 7.11 Å². The summed E-state index contributed by atoms with van der Waals surface area (Å²) in [7, 11) is 1.63. The number of hydrogen-bond acceptors (Lipinski definition) is 4. The zero-order chi connectivity index (χ0) is 14.5. The van der Waals surface area contributed by atoms with Crippen molar-refractivity contribution in [3.63, 3.8) is 0 Å². The standard InChI is InChI=1S/C15H26O4/c1-11(2)10-12-13(15(12,3)4)14(16)19-9-8-18-7-6-17-5/h10,12-13H,6-9H2,1-5H3/t12-,13+/m0/s1. The van der Waals surface area contributed by atoms with Gasteiger partial charge in [0.15, 0.2) is 0 Å². The summed E-state index contributed by atoms with van der Waals surface area (Å²) in [6.45, 7) is 10.2. The second-order valence-corrected chi connectivity index (χ2v) is 5.84. The third kappa shape index (κ3) is 4.62. The molecule has 0 aliphatic heterocycles. The lowest BCUT2D eigenvalue weighted by Crippen LogP contribution is -2.15. The molecule has 0 aromatic carbocycles. The lowest BCUT2D eigenvalue weighted by molar-refractivity contribution is -0.147. The van der Waals surface area contributed by atoms with Crippen LogP contribution in [0, 0.1) is 17.3 Å². The lowest BCUT2D eigenvalue weighted by Gasteiger charge is -2.06. The fraction of sp³-hybridized carbons (Fsp3) is 0.800. The molecule has 1 rings (SSSR count). The van der Waals surface area contributed by atoms with E-state index in [-0.39, 0.29) is 17.3 Å². The molecular weight excluding hydrogens is 244 g/mol. The minimum Gasteiger partial charge on any atom is -0.463 e. The average Bonchev–Trinajstić information content (AvgIpc) is 2.84. The monoisotopic (exact) mass is 270 g/mol. The van der Waals surface area contributed by atoms with Crippen LogP contribution < -0.4 is 0 Å². The number of esters is 1. The first-order valence-electron chi connectivity index (χ1n) is 6.79. The maximum absolute atomic E-state index is 12.0. The van der Waals surface area contributed by atoms with Gasteiger partial charge in [0.1, 0.15) is 6.61 Å². The molecular formula is C15H26O4. The Hall–Kier alpha value is -0.870. The van der Waals surface area contributed by atoms with Crippen LogP contribution in [0.2, 0.25) is 0 Å². The summed E-state index contributed by atoms with van der Waals surface area (Å²) in [5.41, 5.74) is 1.27. The molecule has 0 spiro atoms. The molecule has 4 heteroatoms. The summed E-state index contributed by atoms with van der Waals surface area (Å²) in [5, 5.41) is 0. The van der Waals surface area contributed by atoms with Gasteiger partial charge in [0.25, 0.3) is 0 Å². The van der Waals surface area contributed by atoms with Crippen molar-refractivity contribution in [1.82, 2.24) is 0 Å². The minimum absolute atomic E-state index is 0.0126. The first-order chi connectivity index (χ1) is 8.91. The second kappa shape index (κ2) is 7.06. The van der Waals surface area contributed by atoms with E-state index in [4.69, 9.17) is 14.2 Å². The highest BCUT2D eigenvalue weighted by molar-refractivity contribution is 5.78. The largest absolute Gasteiger partial charge is 0.463 e. The molecule has 4 nitrogen and oxygen atoms in total. The zero-order valence-electron chi connectivity index (χ0n) is 12.7. The van der Waals surface area contributed by atoms with Crippen LogP contribution in [0.5, 0.6) is 0 Å². The van der Waals surface area contributed by atoms with Gasteiger partial charge in [-0.15, -0.1) is 0 Å². The number of carbonyl (C=O) groups excluding carboxylic acids is 1. The van der Waals surface area contributed by atoms with Crippen LogP contribution in [-0.2, 0) is 19.0 Å². The fourth-order valence-corrected chi connectivity index (χ4v) is 2.33. The molecule has 0 radical (unpaired) electrons. The van der Waals surface area contributed by atoms with E-state index >= 15 is 0 Å². The van der Waals surface area contributed by atoms with Crippen LogP contribution >= 0.6 is 0 Å². The third-order valence-corrected chi connectivity index (χ3v) is 3.58. The molecule has 110 valence electrons. The van der Waals surface area contributed by atoms with Gasteiger partial charge in [-0.25, -0.2) is 0 Å². The Balaban J connectivity index is 2.26. The highest BCUT2D eigenvalue weighted by Crippen LogP contribution is 2.59. The Labute approximate surface area is 116 Å². The summed E-state index contributed by atoms with van der Waals surface area (Å²) in [4.78, 5) is 12.0. The molecule has 0 amide bonds. The summed E-state index contributed by atoms with van der Waals surface area (Å²) in [5.74, 6) is 0.184. The molecule has 0 bridgehead atoms.